The predicted molar refractivity (Wildman–Crippen MR) is 97.9 cm³/mol. The largest absolute Gasteiger partial charge is 0.490 e. The second-order valence-corrected chi connectivity index (χ2v) is 5.66. The number of hydrogen-bond acceptors (Lipinski definition) is 4. The molecule has 0 aliphatic heterocycles. The van der Waals surface area contributed by atoms with E-state index in [0.717, 1.165) is 32.9 Å². The van der Waals surface area contributed by atoms with E-state index in [1.807, 2.05) is 54.6 Å². The first-order valence-electron chi connectivity index (χ1n) is 7.79. The molecule has 4 rings (SSSR count). The van der Waals surface area contributed by atoms with E-state index in [4.69, 9.17) is 9.72 Å². The van der Waals surface area contributed by atoms with Gasteiger partial charge in [0.1, 0.15) is 0 Å². The number of para-hydroxylation sites is 2. The first-order chi connectivity index (χ1) is 12.2. The molecule has 0 aliphatic rings. The van der Waals surface area contributed by atoms with Crippen molar-refractivity contribution in [3.63, 3.8) is 0 Å². The summed E-state index contributed by atoms with van der Waals surface area (Å²) in [6, 6.07) is 20.7. The third-order valence-electron chi connectivity index (χ3n) is 4.25. The van der Waals surface area contributed by atoms with E-state index in [0.29, 0.717) is 0 Å². The number of methoxy groups -OCH3 is 1. The Kier molecular flexibility index (Phi) is 3.54. The molecule has 25 heavy (non-hydrogen) atoms. The topological polar surface area (TPSA) is 65.3 Å². The molecule has 5 heteroatoms. The average molecular weight is 330 g/mol. The second-order valence-electron chi connectivity index (χ2n) is 5.66. The van der Waals surface area contributed by atoms with Crippen LogP contribution in [0, 0.1) is 10.1 Å². The van der Waals surface area contributed by atoms with Crippen LogP contribution in [-0.4, -0.2) is 17.0 Å². The smallest absolute Gasteiger partial charge is 0.311 e. The number of pyridine rings is 1. The van der Waals surface area contributed by atoms with E-state index < -0.39 is 4.92 Å². The van der Waals surface area contributed by atoms with Crippen molar-refractivity contribution < 1.29 is 9.66 Å². The van der Waals surface area contributed by atoms with Crippen LogP contribution >= 0.6 is 0 Å². The normalized spacial score (nSPS) is 10.9. The van der Waals surface area contributed by atoms with Crippen LogP contribution in [0.25, 0.3) is 32.9 Å². The van der Waals surface area contributed by atoms with Crippen molar-refractivity contribution in [2.45, 2.75) is 0 Å². The number of aromatic nitrogens is 1. The molecule has 0 aliphatic carbocycles. The van der Waals surface area contributed by atoms with Crippen LogP contribution in [0.15, 0.2) is 66.7 Å². The molecule has 0 N–H and O–H groups in total. The summed E-state index contributed by atoms with van der Waals surface area (Å²) in [4.78, 5) is 15.7. The minimum absolute atomic E-state index is 0.0509. The van der Waals surface area contributed by atoms with Gasteiger partial charge in [0.2, 0.25) is 0 Å². The Labute approximate surface area is 143 Å². The van der Waals surface area contributed by atoms with Crippen molar-refractivity contribution >= 4 is 27.5 Å². The summed E-state index contributed by atoms with van der Waals surface area (Å²) in [7, 11) is 1.43. The number of hydrogen-bond donors (Lipinski definition) is 0. The van der Waals surface area contributed by atoms with Crippen LogP contribution in [0.1, 0.15) is 0 Å². The van der Waals surface area contributed by atoms with Crippen LogP contribution in [0.3, 0.4) is 0 Å². The average Bonchev–Trinajstić information content (AvgIpc) is 2.65. The quantitative estimate of drug-likeness (QED) is 0.302. The molecule has 0 spiro atoms. The molecule has 4 aromatic rings. The maximum absolute atomic E-state index is 11.4. The predicted octanol–water partition coefficient (Wildman–Crippen LogP) is 4.97. The molecule has 0 radical (unpaired) electrons. The fourth-order valence-corrected chi connectivity index (χ4v) is 3.14. The fraction of sp³-hybridized carbons (Fsp3) is 0.0500. The molecule has 5 nitrogen and oxygen atoms in total. The van der Waals surface area contributed by atoms with E-state index in [2.05, 4.69) is 0 Å². The highest BCUT2D eigenvalue weighted by molar-refractivity contribution is 6.09. The van der Waals surface area contributed by atoms with E-state index in [1.54, 1.807) is 12.1 Å². The third kappa shape index (κ3) is 2.46. The van der Waals surface area contributed by atoms with E-state index in [-0.39, 0.29) is 11.4 Å². The molecular weight excluding hydrogens is 316 g/mol. The lowest BCUT2D eigenvalue weighted by Crippen LogP contribution is -1.95. The Morgan fingerprint density at radius 3 is 2.08 bits per heavy atom. The van der Waals surface area contributed by atoms with Gasteiger partial charge in [-0.2, -0.15) is 0 Å². The van der Waals surface area contributed by atoms with Gasteiger partial charge < -0.3 is 4.74 Å². The lowest BCUT2D eigenvalue weighted by atomic mass is 9.95. The summed E-state index contributed by atoms with van der Waals surface area (Å²) >= 11 is 0. The number of fused-ring (bicyclic) bond motifs is 2. The molecule has 0 saturated heterocycles. The first kappa shape index (κ1) is 15.1. The number of nitrogens with zero attached hydrogens (tertiary/aromatic N) is 2. The minimum atomic E-state index is -0.423. The van der Waals surface area contributed by atoms with Gasteiger partial charge in [-0.3, -0.25) is 10.1 Å². The number of nitro benzene ring substituents is 1. The van der Waals surface area contributed by atoms with Crippen molar-refractivity contribution in [1.82, 2.24) is 4.98 Å². The Bertz CT molecular complexity index is 1070. The molecule has 122 valence electrons. The van der Waals surface area contributed by atoms with Crippen molar-refractivity contribution in [2.24, 2.45) is 0 Å². The fourth-order valence-electron chi connectivity index (χ4n) is 3.14. The first-order valence-corrected chi connectivity index (χ1v) is 7.79. The summed E-state index contributed by atoms with van der Waals surface area (Å²) < 4.78 is 5.12. The molecule has 0 unspecified atom stereocenters. The Hall–Kier alpha value is -3.47. The van der Waals surface area contributed by atoms with Gasteiger partial charge >= 0.3 is 5.69 Å². The van der Waals surface area contributed by atoms with Crippen molar-refractivity contribution in [2.75, 3.05) is 7.11 Å². The monoisotopic (exact) mass is 330 g/mol. The van der Waals surface area contributed by atoms with Crippen molar-refractivity contribution in [1.29, 1.82) is 0 Å². The van der Waals surface area contributed by atoms with Gasteiger partial charge in [0, 0.05) is 22.4 Å². The van der Waals surface area contributed by atoms with Gasteiger partial charge in [0.05, 0.1) is 23.1 Å². The zero-order valence-electron chi connectivity index (χ0n) is 13.5. The molecular formula is C20H14N2O3. The zero-order valence-corrected chi connectivity index (χ0v) is 13.5. The number of benzene rings is 3. The number of nitro groups is 1. The van der Waals surface area contributed by atoms with Gasteiger partial charge in [0.25, 0.3) is 0 Å². The molecule has 0 fully saturated rings. The molecule has 0 bridgehead atoms. The van der Waals surface area contributed by atoms with Gasteiger partial charge in [-0.15, -0.1) is 0 Å². The summed E-state index contributed by atoms with van der Waals surface area (Å²) in [5.74, 6) is 0.247. The lowest BCUT2D eigenvalue weighted by molar-refractivity contribution is -0.385. The SMILES string of the molecule is COc1ccc(-c2c3ccccc3nc3ccccc23)cc1[N+](=O)[O-]. The molecule has 0 atom stereocenters. The summed E-state index contributed by atoms with van der Waals surface area (Å²) in [6.45, 7) is 0. The summed E-state index contributed by atoms with van der Waals surface area (Å²) in [5.41, 5.74) is 3.36. The van der Waals surface area contributed by atoms with Crippen LogP contribution in [0.2, 0.25) is 0 Å². The van der Waals surface area contributed by atoms with Crippen LogP contribution in [0.5, 0.6) is 5.75 Å². The highest BCUT2D eigenvalue weighted by atomic mass is 16.6. The molecule has 1 heterocycles. The molecule has 1 aromatic heterocycles. The van der Waals surface area contributed by atoms with Gasteiger partial charge in [-0.25, -0.2) is 4.98 Å². The highest BCUT2D eigenvalue weighted by Gasteiger charge is 2.18. The molecule has 0 amide bonds. The number of rotatable bonds is 3. The minimum Gasteiger partial charge on any atom is -0.490 e. The maximum Gasteiger partial charge on any atom is 0.311 e. The molecule has 0 saturated carbocycles. The van der Waals surface area contributed by atoms with E-state index in [1.165, 1.54) is 7.11 Å². The Balaban J connectivity index is 2.12. The lowest BCUT2D eigenvalue weighted by Gasteiger charge is -2.12. The van der Waals surface area contributed by atoms with Gasteiger partial charge in [-0.1, -0.05) is 42.5 Å². The van der Waals surface area contributed by atoms with E-state index in [9.17, 15) is 10.1 Å². The standard InChI is InChI=1S/C20H14N2O3/c1-25-19-11-10-13(12-18(19)22(23)24)20-14-6-2-4-8-16(14)21-17-9-5-3-7-15(17)20/h2-12H,1H3. The third-order valence-corrected chi connectivity index (χ3v) is 4.25. The second kappa shape index (κ2) is 5.87. The summed E-state index contributed by atoms with van der Waals surface area (Å²) in [5, 5.41) is 13.3. The summed E-state index contributed by atoms with van der Waals surface area (Å²) in [6.07, 6.45) is 0. The Morgan fingerprint density at radius 2 is 1.52 bits per heavy atom. The van der Waals surface area contributed by atoms with Crippen molar-refractivity contribution in [3.8, 4) is 16.9 Å². The Morgan fingerprint density at radius 1 is 0.920 bits per heavy atom. The van der Waals surface area contributed by atoms with Crippen molar-refractivity contribution in [3.05, 3.63) is 76.8 Å². The van der Waals surface area contributed by atoms with Gasteiger partial charge in [-0.05, 0) is 23.8 Å². The van der Waals surface area contributed by atoms with Gasteiger partial charge in [0.15, 0.2) is 5.75 Å². The number of ether oxygens (including phenoxy) is 1. The maximum atomic E-state index is 11.4. The molecule has 3 aromatic carbocycles. The van der Waals surface area contributed by atoms with Crippen LogP contribution in [-0.2, 0) is 0 Å². The van der Waals surface area contributed by atoms with E-state index >= 15 is 0 Å². The van der Waals surface area contributed by atoms with Crippen LogP contribution in [0.4, 0.5) is 5.69 Å². The van der Waals surface area contributed by atoms with Crippen LogP contribution < -0.4 is 4.74 Å². The highest BCUT2D eigenvalue weighted by Crippen LogP contribution is 2.38. The zero-order chi connectivity index (χ0) is 17.4.